The molecule has 0 saturated carbocycles. The van der Waals surface area contributed by atoms with Crippen LogP contribution in [0, 0.1) is 0 Å². The van der Waals surface area contributed by atoms with Crippen molar-refractivity contribution in [3.63, 3.8) is 0 Å². The molecule has 5 nitrogen and oxygen atoms in total. The number of nitrogens with zero attached hydrogens (tertiary/aromatic N) is 1. The summed E-state index contributed by atoms with van der Waals surface area (Å²) >= 11 is 0. The molecule has 0 aromatic heterocycles. The van der Waals surface area contributed by atoms with Crippen LogP contribution in [0.5, 0.6) is 5.75 Å². The fraction of sp³-hybridized carbons (Fsp3) is 0.533. The highest BCUT2D eigenvalue weighted by Gasteiger charge is 2.03. The van der Waals surface area contributed by atoms with Gasteiger partial charge in [0.05, 0.1) is 6.61 Å². The molecule has 0 heterocycles. The van der Waals surface area contributed by atoms with Gasteiger partial charge in [0.1, 0.15) is 12.4 Å². The SMILES string of the molecule is CCCCOc1ccc(NC(=O)OCCN(C)C)cc1.Cl. The number of unbranched alkanes of at least 4 members (excludes halogenated alkanes) is 1. The second kappa shape index (κ2) is 11.2. The van der Waals surface area contributed by atoms with Gasteiger partial charge in [0, 0.05) is 12.2 Å². The zero-order chi connectivity index (χ0) is 14.8. The molecule has 0 atom stereocenters. The van der Waals surface area contributed by atoms with Gasteiger partial charge >= 0.3 is 6.09 Å². The van der Waals surface area contributed by atoms with Gasteiger partial charge in [-0.15, -0.1) is 12.4 Å². The second-order valence-corrected chi connectivity index (χ2v) is 4.79. The minimum absolute atomic E-state index is 0. The first-order valence-corrected chi connectivity index (χ1v) is 6.93. The summed E-state index contributed by atoms with van der Waals surface area (Å²) in [5.41, 5.74) is 0.697. The first-order chi connectivity index (χ1) is 9.61. The van der Waals surface area contributed by atoms with Crippen LogP contribution in [0.15, 0.2) is 24.3 Å². The largest absolute Gasteiger partial charge is 0.494 e. The Morgan fingerprint density at radius 1 is 1.19 bits per heavy atom. The van der Waals surface area contributed by atoms with E-state index in [2.05, 4.69) is 12.2 Å². The van der Waals surface area contributed by atoms with E-state index in [0.717, 1.165) is 25.2 Å². The van der Waals surface area contributed by atoms with E-state index in [-0.39, 0.29) is 12.4 Å². The molecule has 0 saturated heterocycles. The lowest BCUT2D eigenvalue weighted by molar-refractivity contribution is 0.151. The zero-order valence-electron chi connectivity index (χ0n) is 12.9. The summed E-state index contributed by atoms with van der Waals surface area (Å²) in [6, 6.07) is 7.28. The van der Waals surface area contributed by atoms with Crippen LogP contribution < -0.4 is 10.1 Å². The summed E-state index contributed by atoms with van der Waals surface area (Å²) in [5.74, 6) is 0.810. The van der Waals surface area contributed by atoms with E-state index < -0.39 is 6.09 Å². The number of amides is 1. The molecule has 6 heteroatoms. The quantitative estimate of drug-likeness (QED) is 0.747. The molecule has 0 fully saturated rings. The van der Waals surface area contributed by atoms with Crippen molar-refractivity contribution in [3.8, 4) is 5.75 Å². The van der Waals surface area contributed by atoms with Crippen molar-refractivity contribution in [1.29, 1.82) is 0 Å². The monoisotopic (exact) mass is 316 g/mol. The molecule has 21 heavy (non-hydrogen) atoms. The summed E-state index contributed by atoms with van der Waals surface area (Å²) in [6.45, 7) is 3.92. The first kappa shape index (κ1) is 19.5. The average molecular weight is 317 g/mol. The molecule has 0 aliphatic heterocycles. The first-order valence-electron chi connectivity index (χ1n) is 6.93. The van der Waals surface area contributed by atoms with Crippen LogP contribution in [0.3, 0.4) is 0 Å². The second-order valence-electron chi connectivity index (χ2n) is 4.79. The molecule has 1 amide bonds. The van der Waals surface area contributed by atoms with E-state index in [4.69, 9.17) is 9.47 Å². The Morgan fingerprint density at radius 3 is 2.43 bits per heavy atom. The number of likely N-dealkylation sites (N-methyl/N-ethyl adjacent to an activating group) is 1. The van der Waals surface area contributed by atoms with Gasteiger partial charge in [0.25, 0.3) is 0 Å². The zero-order valence-corrected chi connectivity index (χ0v) is 13.7. The highest BCUT2D eigenvalue weighted by atomic mass is 35.5. The van der Waals surface area contributed by atoms with Gasteiger partial charge in [0.2, 0.25) is 0 Å². The molecule has 0 unspecified atom stereocenters. The van der Waals surface area contributed by atoms with Crippen LogP contribution >= 0.6 is 12.4 Å². The minimum atomic E-state index is -0.438. The number of carbonyl (C=O) groups is 1. The molecular formula is C15H25ClN2O3. The number of halogens is 1. The number of rotatable bonds is 8. The molecule has 1 aromatic carbocycles. The van der Waals surface area contributed by atoms with E-state index >= 15 is 0 Å². The van der Waals surface area contributed by atoms with Crippen LogP contribution in [0.1, 0.15) is 19.8 Å². The summed E-state index contributed by atoms with van der Waals surface area (Å²) in [6.07, 6.45) is 1.71. The topological polar surface area (TPSA) is 50.8 Å². The van der Waals surface area contributed by atoms with Crippen LogP contribution in [0.4, 0.5) is 10.5 Å². The highest BCUT2D eigenvalue weighted by Crippen LogP contribution is 2.16. The van der Waals surface area contributed by atoms with Crippen LogP contribution in [0.2, 0.25) is 0 Å². The Morgan fingerprint density at radius 2 is 1.86 bits per heavy atom. The normalized spacial score (nSPS) is 9.90. The molecule has 0 bridgehead atoms. The third-order valence-electron chi connectivity index (χ3n) is 2.64. The van der Waals surface area contributed by atoms with Gasteiger partial charge in [-0.05, 0) is 44.8 Å². The number of hydrogen-bond acceptors (Lipinski definition) is 4. The summed E-state index contributed by atoms with van der Waals surface area (Å²) in [7, 11) is 3.86. The molecule has 1 aromatic rings. The summed E-state index contributed by atoms with van der Waals surface area (Å²) in [5, 5.41) is 2.67. The van der Waals surface area contributed by atoms with E-state index in [0.29, 0.717) is 18.8 Å². The molecule has 1 N–H and O–H groups in total. The fourth-order valence-corrected chi connectivity index (χ4v) is 1.44. The van der Waals surface area contributed by atoms with Gasteiger partial charge in [0.15, 0.2) is 0 Å². The van der Waals surface area contributed by atoms with Crippen molar-refractivity contribution in [2.75, 3.05) is 39.2 Å². The van der Waals surface area contributed by atoms with E-state index in [1.807, 2.05) is 31.1 Å². The number of nitrogens with one attached hydrogen (secondary N) is 1. The van der Waals surface area contributed by atoms with Crippen molar-refractivity contribution >= 4 is 24.2 Å². The van der Waals surface area contributed by atoms with Gasteiger partial charge < -0.3 is 14.4 Å². The fourth-order valence-electron chi connectivity index (χ4n) is 1.44. The van der Waals surface area contributed by atoms with Crippen molar-refractivity contribution in [2.24, 2.45) is 0 Å². The standard InChI is InChI=1S/C15H24N2O3.ClH/c1-4-5-11-19-14-8-6-13(7-9-14)16-15(18)20-12-10-17(2)3;/h6-9H,4-5,10-12H2,1-3H3,(H,16,18);1H. The molecule has 1 rings (SSSR count). The van der Waals surface area contributed by atoms with Crippen LogP contribution in [0.25, 0.3) is 0 Å². The molecule has 0 aliphatic rings. The van der Waals surface area contributed by atoms with Gasteiger partial charge in [-0.25, -0.2) is 4.79 Å². The van der Waals surface area contributed by atoms with Crippen molar-refractivity contribution in [2.45, 2.75) is 19.8 Å². The number of carbonyl (C=O) groups excluding carboxylic acids is 1. The Hall–Kier alpha value is -1.46. The smallest absolute Gasteiger partial charge is 0.411 e. The average Bonchev–Trinajstić information content (AvgIpc) is 2.40. The molecule has 0 aliphatic carbocycles. The Balaban J connectivity index is 0.00000400. The van der Waals surface area contributed by atoms with E-state index in [1.54, 1.807) is 12.1 Å². The van der Waals surface area contributed by atoms with Gasteiger partial charge in [-0.2, -0.15) is 0 Å². The molecular weight excluding hydrogens is 292 g/mol. The third kappa shape index (κ3) is 9.15. The maximum atomic E-state index is 11.5. The van der Waals surface area contributed by atoms with E-state index in [1.165, 1.54) is 0 Å². The van der Waals surface area contributed by atoms with E-state index in [9.17, 15) is 4.79 Å². The maximum absolute atomic E-state index is 11.5. The number of anilines is 1. The lowest BCUT2D eigenvalue weighted by Gasteiger charge is -2.11. The Kier molecular flexibility index (Phi) is 10.4. The lowest BCUT2D eigenvalue weighted by Crippen LogP contribution is -2.22. The van der Waals surface area contributed by atoms with Crippen LogP contribution in [-0.4, -0.2) is 44.8 Å². The lowest BCUT2D eigenvalue weighted by atomic mass is 10.3. The Bertz CT molecular complexity index is 396. The summed E-state index contributed by atoms with van der Waals surface area (Å²) < 4.78 is 10.6. The predicted octanol–water partition coefficient (Wildman–Crippen LogP) is 3.40. The Labute approximate surface area is 133 Å². The van der Waals surface area contributed by atoms with Gasteiger partial charge in [-0.1, -0.05) is 13.3 Å². The molecule has 0 radical (unpaired) electrons. The van der Waals surface area contributed by atoms with Crippen molar-refractivity contribution < 1.29 is 14.3 Å². The highest BCUT2D eigenvalue weighted by molar-refractivity contribution is 5.85. The van der Waals surface area contributed by atoms with Crippen molar-refractivity contribution in [1.82, 2.24) is 4.90 Å². The minimum Gasteiger partial charge on any atom is -0.494 e. The van der Waals surface area contributed by atoms with Crippen LogP contribution in [-0.2, 0) is 4.74 Å². The maximum Gasteiger partial charge on any atom is 0.411 e. The number of benzene rings is 1. The third-order valence-corrected chi connectivity index (χ3v) is 2.64. The number of ether oxygens (including phenoxy) is 2. The molecule has 0 spiro atoms. The number of hydrogen-bond donors (Lipinski definition) is 1. The molecule has 120 valence electrons. The van der Waals surface area contributed by atoms with Crippen molar-refractivity contribution in [3.05, 3.63) is 24.3 Å². The summed E-state index contributed by atoms with van der Waals surface area (Å²) in [4.78, 5) is 13.5. The predicted molar refractivity (Wildman–Crippen MR) is 87.6 cm³/mol. The van der Waals surface area contributed by atoms with Gasteiger partial charge in [-0.3, -0.25) is 5.32 Å².